The summed E-state index contributed by atoms with van der Waals surface area (Å²) in [6.45, 7) is 5.80. The van der Waals surface area contributed by atoms with Crippen LogP contribution in [0.5, 0.6) is 0 Å². The van der Waals surface area contributed by atoms with Gasteiger partial charge >= 0.3 is 0 Å². The van der Waals surface area contributed by atoms with Crippen LogP contribution in [0.4, 0.5) is 5.69 Å². The monoisotopic (exact) mass is 356 g/mol. The third kappa shape index (κ3) is 5.36. The third-order valence-electron chi connectivity index (χ3n) is 3.89. The second-order valence-electron chi connectivity index (χ2n) is 6.28. The minimum absolute atomic E-state index is 0.0295. The number of hydrogen-bond acceptors (Lipinski definition) is 3. The van der Waals surface area contributed by atoms with Crippen molar-refractivity contribution in [3.8, 4) is 0 Å². The van der Waals surface area contributed by atoms with Crippen LogP contribution in [0.3, 0.4) is 0 Å². The van der Waals surface area contributed by atoms with Gasteiger partial charge in [-0.15, -0.1) is 11.8 Å². The summed E-state index contributed by atoms with van der Waals surface area (Å²) in [5.74, 6) is -0.487. The molecule has 0 aliphatic heterocycles. The van der Waals surface area contributed by atoms with Crippen molar-refractivity contribution in [2.75, 3.05) is 11.6 Å². The van der Waals surface area contributed by atoms with Crippen molar-refractivity contribution in [2.24, 2.45) is 5.92 Å². The first-order chi connectivity index (χ1) is 11.9. The molecule has 2 rings (SSSR count). The summed E-state index contributed by atoms with van der Waals surface area (Å²) in [4.78, 5) is 26.1. The van der Waals surface area contributed by atoms with Crippen LogP contribution in [0.15, 0.2) is 53.4 Å². The number of anilines is 1. The zero-order chi connectivity index (χ0) is 18.4. The molecule has 0 aromatic heterocycles. The Morgan fingerprint density at radius 1 is 1.04 bits per heavy atom. The number of benzene rings is 2. The largest absolute Gasteiger partial charge is 0.340 e. The number of amides is 2. The number of aryl methyl sites for hydroxylation is 1. The van der Waals surface area contributed by atoms with Gasteiger partial charge in [0.1, 0.15) is 6.04 Å². The van der Waals surface area contributed by atoms with Gasteiger partial charge in [-0.05, 0) is 49.4 Å². The van der Waals surface area contributed by atoms with E-state index in [9.17, 15) is 9.59 Å². The SMILES string of the molecule is CSc1cccc(NC(=O)C(NC(=O)c2ccc(C)cc2)C(C)C)c1. The van der Waals surface area contributed by atoms with Gasteiger partial charge in [0.2, 0.25) is 5.91 Å². The summed E-state index contributed by atoms with van der Waals surface area (Å²) in [7, 11) is 0. The van der Waals surface area contributed by atoms with E-state index in [0.717, 1.165) is 16.1 Å². The van der Waals surface area contributed by atoms with E-state index in [2.05, 4.69) is 10.6 Å². The van der Waals surface area contributed by atoms with Crippen molar-refractivity contribution in [1.82, 2.24) is 5.32 Å². The molecule has 132 valence electrons. The highest BCUT2D eigenvalue weighted by molar-refractivity contribution is 7.98. The topological polar surface area (TPSA) is 58.2 Å². The quantitative estimate of drug-likeness (QED) is 0.766. The van der Waals surface area contributed by atoms with Gasteiger partial charge in [-0.1, -0.05) is 37.6 Å². The molecule has 25 heavy (non-hydrogen) atoms. The molecule has 0 saturated carbocycles. The van der Waals surface area contributed by atoms with Crippen molar-refractivity contribution >= 4 is 29.3 Å². The van der Waals surface area contributed by atoms with Crippen molar-refractivity contribution in [1.29, 1.82) is 0 Å². The first-order valence-corrected chi connectivity index (χ1v) is 9.45. The molecule has 2 amide bonds. The minimum Gasteiger partial charge on any atom is -0.340 e. The molecule has 2 aromatic carbocycles. The van der Waals surface area contributed by atoms with Gasteiger partial charge in [-0.2, -0.15) is 0 Å². The summed E-state index contributed by atoms with van der Waals surface area (Å²) >= 11 is 1.61. The number of thioether (sulfide) groups is 1. The van der Waals surface area contributed by atoms with Gasteiger partial charge in [0, 0.05) is 16.1 Å². The zero-order valence-corrected chi connectivity index (χ0v) is 15.8. The smallest absolute Gasteiger partial charge is 0.251 e. The fraction of sp³-hybridized carbons (Fsp3) is 0.300. The van der Waals surface area contributed by atoms with E-state index in [0.29, 0.717) is 5.56 Å². The maximum absolute atomic E-state index is 12.6. The van der Waals surface area contributed by atoms with Crippen molar-refractivity contribution < 1.29 is 9.59 Å². The summed E-state index contributed by atoms with van der Waals surface area (Å²) in [6.07, 6.45) is 1.99. The van der Waals surface area contributed by atoms with Crippen LogP contribution in [0.1, 0.15) is 29.8 Å². The van der Waals surface area contributed by atoms with E-state index >= 15 is 0 Å². The first kappa shape index (κ1) is 19.1. The Morgan fingerprint density at radius 3 is 2.32 bits per heavy atom. The van der Waals surface area contributed by atoms with Crippen LogP contribution in [0.2, 0.25) is 0 Å². The Morgan fingerprint density at radius 2 is 1.72 bits per heavy atom. The molecule has 0 aliphatic carbocycles. The molecule has 0 fully saturated rings. The molecule has 1 unspecified atom stereocenters. The van der Waals surface area contributed by atoms with Crippen LogP contribution in [0, 0.1) is 12.8 Å². The average Bonchev–Trinajstić information content (AvgIpc) is 2.59. The number of carbonyl (C=O) groups excluding carboxylic acids is 2. The Bertz CT molecular complexity index is 742. The van der Waals surface area contributed by atoms with Gasteiger partial charge in [0.15, 0.2) is 0 Å². The fourth-order valence-electron chi connectivity index (χ4n) is 2.39. The summed E-state index contributed by atoms with van der Waals surface area (Å²) in [5.41, 5.74) is 2.36. The van der Waals surface area contributed by atoms with Crippen LogP contribution >= 0.6 is 11.8 Å². The maximum atomic E-state index is 12.6. The summed E-state index contributed by atoms with van der Waals surface area (Å²) in [6, 6.07) is 14.3. The maximum Gasteiger partial charge on any atom is 0.251 e. The molecule has 1 atom stereocenters. The van der Waals surface area contributed by atoms with Crippen molar-refractivity contribution in [3.63, 3.8) is 0 Å². The lowest BCUT2D eigenvalue weighted by Crippen LogP contribution is -2.47. The highest BCUT2D eigenvalue weighted by Gasteiger charge is 2.24. The van der Waals surface area contributed by atoms with Gasteiger partial charge in [-0.25, -0.2) is 0 Å². The normalized spacial score (nSPS) is 11.9. The average molecular weight is 356 g/mol. The predicted molar refractivity (Wildman–Crippen MR) is 104 cm³/mol. The molecule has 0 spiro atoms. The molecule has 2 N–H and O–H groups in total. The molecule has 0 aliphatic rings. The number of rotatable bonds is 6. The van der Waals surface area contributed by atoms with Gasteiger partial charge < -0.3 is 10.6 Å². The second-order valence-corrected chi connectivity index (χ2v) is 7.16. The standard InChI is InChI=1S/C20H24N2O2S/c1-13(2)18(22-19(23)15-10-8-14(3)9-11-15)20(24)21-16-6-5-7-17(12-16)25-4/h5-13,18H,1-4H3,(H,21,24)(H,22,23). The fourth-order valence-corrected chi connectivity index (χ4v) is 2.84. The van der Waals surface area contributed by atoms with E-state index in [4.69, 9.17) is 0 Å². The number of nitrogens with one attached hydrogen (secondary N) is 2. The molecule has 0 radical (unpaired) electrons. The Hall–Kier alpha value is -2.27. The van der Waals surface area contributed by atoms with Crippen LogP contribution in [-0.4, -0.2) is 24.1 Å². The van der Waals surface area contributed by atoms with E-state index in [1.54, 1.807) is 23.9 Å². The highest BCUT2D eigenvalue weighted by atomic mass is 32.2. The van der Waals surface area contributed by atoms with Crippen LogP contribution in [-0.2, 0) is 4.79 Å². The van der Waals surface area contributed by atoms with E-state index < -0.39 is 6.04 Å². The molecule has 5 heteroatoms. The zero-order valence-electron chi connectivity index (χ0n) is 15.0. The van der Waals surface area contributed by atoms with Crippen LogP contribution < -0.4 is 10.6 Å². The third-order valence-corrected chi connectivity index (χ3v) is 4.61. The number of hydrogen-bond donors (Lipinski definition) is 2. The molecule has 2 aromatic rings. The molecular formula is C20H24N2O2S. The first-order valence-electron chi connectivity index (χ1n) is 8.23. The number of carbonyl (C=O) groups is 2. The Kier molecular flexibility index (Phi) is 6.65. The lowest BCUT2D eigenvalue weighted by molar-refractivity contribution is -0.118. The summed E-state index contributed by atoms with van der Waals surface area (Å²) in [5, 5.41) is 5.74. The Labute approximate surface area is 153 Å². The molecule has 0 heterocycles. The van der Waals surface area contributed by atoms with Crippen LogP contribution in [0.25, 0.3) is 0 Å². The molecule has 0 bridgehead atoms. The lowest BCUT2D eigenvalue weighted by atomic mass is 10.0. The van der Waals surface area contributed by atoms with E-state index in [1.165, 1.54) is 0 Å². The molecular weight excluding hydrogens is 332 g/mol. The minimum atomic E-state index is -0.605. The van der Waals surface area contributed by atoms with Gasteiger partial charge in [-0.3, -0.25) is 9.59 Å². The lowest BCUT2D eigenvalue weighted by Gasteiger charge is -2.22. The van der Waals surface area contributed by atoms with Crippen molar-refractivity contribution in [2.45, 2.75) is 31.7 Å². The highest BCUT2D eigenvalue weighted by Crippen LogP contribution is 2.19. The van der Waals surface area contributed by atoms with Crippen molar-refractivity contribution in [3.05, 3.63) is 59.7 Å². The van der Waals surface area contributed by atoms with E-state index in [1.807, 2.05) is 63.4 Å². The van der Waals surface area contributed by atoms with Gasteiger partial charge in [0.05, 0.1) is 0 Å². The molecule has 0 saturated heterocycles. The summed E-state index contributed by atoms with van der Waals surface area (Å²) < 4.78 is 0. The Balaban J connectivity index is 2.09. The predicted octanol–water partition coefficient (Wildman–Crippen LogP) is 4.11. The van der Waals surface area contributed by atoms with Gasteiger partial charge in [0.25, 0.3) is 5.91 Å². The second kappa shape index (κ2) is 8.72. The van der Waals surface area contributed by atoms with E-state index in [-0.39, 0.29) is 17.7 Å². The molecule has 4 nitrogen and oxygen atoms in total.